The van der Waals surface area contributed by atoms with E-state index in [1.54, 1.807) is 14.2 Å². The number of nitrogens with zero attached hydrogens (tertiary/aromatic N) is 3. The molecule has 3 rings (SSSR count). The van der Waals surface area contributed by atoms with Gasteiger partial charge in [-0.15, -0.1) is 24.0 Å². The minimum Gasteiger partial charge on any atom is -0.497 e. The van der Waals surface area contributed by atoms with Gasteiger partial charge in [0.1, 0.15) is 5.75 Å². The molecule has 7 nitrogen and oxygen atoms in total. The van der Waals surface area contributed by atoms with Gasteiger partial charge in [0.05, 0.1) is 12.9 Å². The lowest BCUT2D eigenvalue weighted by Crippen LogP contribution is -2.52. The van der Waals surface area contributed by atoms with Crippen LogP contribution in [0.4, 0.5) is 5.69 Å². The minimum atomic E-state index is -3.01. The molecule has 0 saturated carbocycles. The molecule has 2 aromatic carbocycles. The van der Waals surface area contributed by atoms with E-state index in [9.17, 15) is 8.42 Å². The van der Waals surface area contributed by atoms with Crippen LogP contribution in [-0.2, 0) is 22.1 Å². The number of hydrogen-bond acceptors (Lipinski definition) is 5. The zero-order valence-electron chi connectivity index (χ0n) is 18.2. The van der Waals surface area contributed by atoms with Crippen LogP contribution in [-0.4, -0.2) is 65.9 Å². The molecule has 1 aliphatic rings. The van der Waals surface area contributed by atoms with E-state index in [2.05, 4.69) is 32.2 Å². The number of guanidine groups is 1. The van der Waals surface area contributed by atoms with E-state index >= 15 is 0 Å². The first-order chi connectivity index (χ1) is 14.4. The number of halogens is 1. The zero-order valence-corrected chi connectivity index (χ0v) is 21.4. The Bertz CT molecular complexity index is 955. The molecular weight excluding hydrogens is 527 g/mol. The first-order valence-electron chi connectivity index (χ1n) is 9.98. The molecular formula is C22H31IN4O3S. The van der Waals surface area contributed by atoms with Gasteiger partial charge >= 0.3 is 0 Å². The highest BCUT2D eigenvalue weighted by Crippen LogP contribution is 2.20. The van der Waals surface area contributed by atoms with Gasteiger partial charge in [-0.1, -0.05) is 24.3 Å². The molecule has 2 aromatic rings. The monoisotopic (exact) mass is 558 g/mol. The SMILES string of the molecule is CN=C(NCc1ccc(CS(C)(=O)=O)cc1)N1CCN(c2ccc(OC)cc2)CC1.I. The number of benzene rings is 2. The van der Waals surface area contributed by atoms with E-state index in [-0.39, 0.29) is 29.7 Å². The van der Waals surface area contributed by atoms with Crippen molar-refractivity contribution in [3.8, 4) is 5.75 Å². The van der Waals surface area contributed by atoms with Crippen molar-refractivity contribution < 1.29 is 13.2 Å². The van der Waals surface area contributed by atoms with Crippen molar-refractivity contribution in [3.63, 3.8) is 0 Å². The molecule has 0 aromatic heterocycles. The van der Waals surface area contributed by atoms with Crippen molar-refractivity contribution in [1.82, 2.24) is 10.2 Å². The highest BCUT2D eigenvalue weighted by Gasteiger charge is 2.19. The predicted octanol–water partition coefficient (Wildman–Crippen LogP) is 2.76. The van der Waals surface area contributed by atoms with Crippen molar-refractivity contribution in [3.05, 3.63) is 59.7 Å². The van der Waals surface area contributed by atoms with Gasteiger partial charge in [-0.05, 0) is 35.4 Å². The molecule has 0 radical (unpaired) electrons. The number of rotatable bonds is 6. The Morgan fingerprint density at radius 2 is 1.58 bits per heavy atom. The first-order valence-corrected chi connectivity index (χ1v) is 12.0. The van der Waals surface area contributed by atoms with Crippen molar-refractivity contribution in [2.75, 3.05) is 51.5 Å². The zero-order chi connectivity index (χ0) is 21.6. The number of hydrogen-bond donors (Lipinski definition) is 1. The molecule has 1 saturated heterocycles. The molecule has 0 amide bonds. The number of nitrogens with one attached hydrogen (secondary N) is 1. The molecule has 0 spiro atoms. The van der Waals surface area contributed by atoms with Gasteiger partial charge in [-0.25, -0.2) is 8.42 Å². The molecule has 170 valence electrons. The lowest BCUT2D eigenvalue weighted by Gasteiger charge is -2.37. The maximum Gasteiger partial charge on any atom is 0.194 e. The van der Waals surface area contributed by atoms with Gasteiger partial charge in [0, 0.05) is 51.7 Å². The third kappa shape index (κ3) is 7.57. The second-order valence-corrected chi connectivity index (χ2v) is 9.60. The lowest BCUT2D eigenvalue weighted by atomic mass is 10.1. The van der Waals surface area contributed by atoms with Crippen LogP contribution in [0.2, 0.25) is 0 Å². The van der Waals surface area contributed by atoms with Crippen LogP contribution in [0.25, 0.3) is 0 Å². The van der Waals surface area contributed by atoms with E-state index in [0.29, 0.717) is 6.54 Å². The van der Waals surface area contributed by atoms with Gasteiger partial charge in [0.15, 0.2) is 15.8 Å². The fourth-order valence-electron chi connectivity index (χ4n) is 3.54. The summed E-state index contributed by atoms with van der Waals surface area (Å²) in [5, 5.41) is 3.42. The number of methoxy groups -OCH3 is 1. The van der Waals surface area contributed by atoms with Crippen molar-refractivity contribution in [2.24, 2.45) is 4.99 Å². The van der Waals surface area contributed by atoms with E-state index in [1.165, 1.54) is 11.9 Å². The summed E-state index contributed by atoms with van der Waals surface area (Å²) in [6.45, 7) is 4.27. The molecule has 9 heteroatoms. The van der Waals surface area contributed by atoms with Crippen LogP contribution in [0.1, 0.15) is 11.1 Å². The largest absolute Gasteiger partial charge is 0.497 e. The van der Waals surface area contributed by atoms with E-state index in [1.807, 2.05) is 36.4 Å². The molecule has 0 unspecified atom stereocenters. The quantitative estimate of drug-likeness (QED) is 0.334. The first kappa shape index (κ1) is 25.3. The van der Waals surface area contributed by atoms with Crippen molar-refractivity contribution in [1.29, 1.82) is 0 Å². The van der Waals surface area contributed by atoms with Crippen LogP contribution < -0.4 is 15.0 Å². The molecule has 1 N–H and O–H groups in total. The fourth-order valence-corrected chi connectivity index (χ4v) is 4.34. The minimum absolute atomic E-state index is 0. The average Bonchev–Trinajstić information content (AvgIpc) is 2.75. The summed E-state index contributed by atoms with van der Waals surface area (Å²) in [7, 11) is 0.462. The van der Waals surface area contributed by atoms with E-state index < -0.39 is 9.84 Å². The van der Waals surface area contributed by atoms with Crippen molar-refractivity contribution >= 4 is 45.5 Å². The van der Waals surface area contributed by atoms with Crippen LogP contribution >= 0.6 is 24.0 Å². The number of ether oxygens (including phenoxy) is 1. The second kappa shape index (κ2) is 11.6. The van der Waals surface area contributed by atoms with E-state index in [4.69, 9.17) is 4.74 Å². The molecule has 0 aliphatic carbocycles. The summed E-state index contributed by atoms with van der Waals surface area (Å²) in [5.74, 6) is 1.82. The topological polar surface area (TPSA) is 74.2 Å². The Labute approximate surface area is 202 Å². The number of piperazine rings is 1. The lowest BCUT2D eigenvalue weighted by molar-refractivity contribution is 0.372. The second-order valence-electron chi connectivity index (χ2n) is 7.46. The third-order valence-electron chi connectivity index (χ3n) is 5.13. The smallest absolute Gasteiger partial charge is 0.194 e. The fraction of sp³-hybridized carbons (Fsp3) is 0.409. The molecule has 1 aliphatic heterocycles. The molecule has 31 heavy (non-hydrogen) atoms. The van der Waals surface area contributed by atoms with Gasteiger partial charge in [0.2, 0.25) is 0 Å². The Kier molecular flexibility index (Phi) is 9.42. The van der Waals surface area contributed by atoms with Gasteiger partial charge < -0.3 is 19.9 Å². The highest BCUT2D eigenvalue weighted by atomic mass is 127. The van der Waals surface area contributed by atoms with Gasteiger partial charge in [0.25, 0.3) is 0 Å². The third-order valence-corrected chi connectivity index (χ3v) is 5.99. The molecule has 0 atom stereocenters. The normalized spacial score (nSPS) is 14.7. The Morgan fingerprint density at radius 1 is 1.00 bits per heavy atom. The summed E-state index contributed by atoms with van der Waals surface area (Å²) in [5.41, 5.74) is 3.10. The molecule has 1 heterocycles. The number of sulfone groups is 1. The van der Waals surface area contributed by atoms with Crippen LogP contribution in [0.5, 0.6) is 5.75 Å². The maximum atomic E-state index is 11.4. The summed E-state index contributed by atoms with van der Waals surface area (Å²) in [4.78, 5) is 9.06. The average molecular weight is 558 g/mol. The summed E-state index contributed by atoms with van der Waals surface area (Å²) in [6.07, 6.45) is 1.25. The number of aliphatic imine (C=N–C) groups is 1. The summed E-state index contributed by atoms with van der Waals surface area (Å²) >= 11 is 0. The van der Waals surface area contributed by atoms with Crippen LogP contribution in [0, 0.1) is 0 Å². The summed E-state index contributed by atoms with van der Waals surface area (Å²) < 4.78 is 28.1. The Balaban J connectivity index is 0.00000341. The predicted molar refractivity (Wildman–Crippen MR) is 137 cm³/mol. The maximum absolute atomic E-state index is 11.4. The summed E-state index contributed by atoms with van der Waals surface area (Å²) in [6, 6.07) is 15.8. The van der Waals surface area contributed by atoms with Gasteiger partial charge in [-0.2, -0.15) is 0 Å². The standard InChI is InChI=1S/C22H30N4O3S.HI/c1-23-22(24-16-18-4-6-19(7-5-18)17-30(3,27)28)26-14-12-25(13-15-26)20-8-10-21(29-2)11-9-20;/h4-11H,12-17H2,1-3H3,(H,23,24);1H. The highest BCUT2D eigenvalue weighted by molar-refractivity contribution is 14.0. The number of anilines is 1. The Hall–Kier alpha value is -2.01. The van der Waals surface area contributed by atoms with Crippen molar-refractivity contribution in [2.45, 2.75) is 12.3 Å². The van der Waals surface area contributed by atoms with Gasteiger partial charge in [-0.3, -0.25) is 4.99 Å². The molecule has 0 bridgehead atoms. The van der Waals surface area contributed by atoms with Crippen LogP contribution in [0.15, 0.2) is 53.5 Å². The van der Waals surface area contributed by atoms with Crippen LogP contribution in [0.3, 0.4) is 0 Å². The van der Waals surface area contributed by atoms with E-state index in [0.717, 1.165) is 49.0 Å². The molecule has 1 fully saturated rings. The Morgan fingerprint density at radius 3 is 2.10 bits per heavy atom.